The second-order valence-electron chi connectivity index (χ2n) is 6.45. The van der Waals surface area contributed by atoms with E-state index in [4.69, 9.17) is 4.74 Å². The lowest BCUT2D eigenvalue weighted by Crippen LogP contribution is -2.49. The van der Waals surface area contributed by atoms with Crippen molar-refractivity contribution in [3.05, 3.63) is 17.0 Å². The van der Waals surface area contributed by atoms with Gasteiger partial charge in [0.05, 0.1) is 18.9 Å². The minimum atomic E-state index is 0.686. The van der Waals surface area contributed by atoms with Crippen molar-refractivity contribution < 1.29 is 4.74 Å². The van der Waals surface area contributed by atoms with Gasteiger partial charge in [-0.05, 0) is 33.2 Å². The lowest BCUT2D eigenvalue weighted by atomic mass is 10.00. The van der Waals surface area contributed by atoms with Crippen LogP contribution in [0.25, 0.3) is 0 Å². The van der Waals surface area contributed by atoms with Gasteiger partial charge < -0.3 is 4.74 Å². The molecule has 1 N–H and O–H groups in total. The Balaban J connectivity index is 1.63. The number of hydrogen-bond donors (Lipinski definition) is 1. The van der Waals surface area contributed by atoms with Gasteiger partial charge in [-0.15, -0.1) is 0 Å². The maximum absolute atomic E-state index is 5.46. The van der Waals surface area contributed by atoms with Crippen LogP contribution >= 0.6 is 0 Å². The van der Waals surface area contributed by atoms with Gasteiger partial charge in [0.15, 0.2) is 0 Å². The summed E-state index contributed by atoms with van der Waals surface area (Å²) in [5.41, 5.74) is 3.77. The van der Waals surface area contributed by atoms with E-state index < -0.39 is 0 Å². The first-order valence-electron chi connectivity index (χ1n) is 8.28. The summed E-state index contributed by atoms with van der Waals surface area (Å²) in [7, 11) is 0. The van der Waals surface area contributed by atoms with Crippen molar-refractivity contribution in [2.45, 2.75) is 45.7 Å². The van der Waals surface area contributed by atoms with E-state index in [1.54, 1.807) is 0 Å². The van der Waals surface area contributed by atoms with E-state index in [0.717, 1.165) is 38.5 Å². The molecule has 0 aliphatic carbocycles. The summed E-state index contributed by atoms with van der Waals surface area (Å²) in [5, 5.41) is 7.46. The van der Waals surface area contributed by atoms with Gasteiger partial charge in [-0.1, -0.05) is 6.42 Å². The van der Waals surface area contributed by atoms with Gasteiger partial charge in [0.1, 0.15) is 0 Å². The summed E-state index contributed by atoms with van der Waals surface area (Å²) in [6.45, 7) is 11.7. The fourth-order valence-electron chi connectivity index (χ4n) is 3.57. The Morgan fingerprint density at radius 2 is 2.00 bits per heavy atom. The van der Waals surface area contributed by atoms with E-state index in [1.165, 1.54) is 43.6 Å². The van der Waals surface area contributed by atoms with E-state index in [-0.39, 0.29) is 0 Å². The number of aryl methyl sites for hydroxylation is 2. The van der Waals surface area contributed by atoms with Crippen LogP contribution in [-0.4, -0.2) is 65.4 Å². The summed E-state index contributed by atoms with van der Waals surface area (Å²) in [4.78, 5) is 5.24. The number of nitrogens with zero attached hydrogens (tertiary/aromatic N) is 3. The van der Waals surface area contributed by atoms with Gasteiger partial charge >= 0.3 is 0 Å². The number of rotatable bonds is 4. The van der Waals surface area contributed by atoms with Crippen molar-refractivity contribution in [3.8, 4) is 0 Å². The first-order chi connectivity index (χ1) is 10.2. The molecule has 5 nitrogen and oxygen atoms in total. The summed E-state index contributed by atoms with van der Waals surface area (Å²) in [5.74, 6) is 0. The molecule has 2 saturated heterocycles. The van der Waals surface area contributed by atoms with Crippen LogP contribution in [0.15, 0.2) is 0 Å². The SMILES string of the molecule is Cc1n[nH]c(C)c1CN1CCCC[C@@H]1CN1CCOCC1. The van der Waals surface area contributed by atoms with Gasteiger partial charge in [0.25, 0.3) is 0 Å². The van der Waals surface area contributed by atoms with E-state index in [2.05, 4.69) is 33.8 Å². The third-order valence-electron chi connectivity index (χ3n) is 4.96. The molecule has 3 rings (SSSR count). The number of nitrogens with one attached hydrogen (secondary N) is 1. The minimum absolute atomic E-state index is 0.686. The number of morpholine rings is 1. The molecule has 1 aromatic rings. The normalized spacial score (nSPS) is 25.3. The highest BCUT2D eigenvalue weighted by atomic mass is 16.5. The Hall–Kier alpha value is -0.910. The lowest BCUT2D eigenvalue weighted by Gasteiger charge is -2.39. The summed E-state index contributed by atoms with van der Waals surface area (Å²) in [6.07, 6.45) is 4.03. The molecule has 3 heterocycles. The molecule has 118 valence electrons. The maximum atomic E-state index is 5.46. The first-order valence-corrected chi connectivity index (χ1v) is 8.28. The molecule has 0 unspecified atom stereocenters. The van der Waals surface area contributed by atoms with E-state index in [9.17, 15) is 0 Å². The largest absolute Gasteiger partial charge is 0.379 e. The predicted molar refractivity (Wildman–Crippen MR) is 83.4 cm³/mol. The summed E-state index contributed by atoms with van der Waals surface area (Å²) in [6, 6.07) is 0.686. The average molecular weight is 292 g/mol. The third kappa shape index (κ3) is 3.65. The van der Waals surface area contributed by atoms with Crippen LogP contribution in [-0.2, 0) is 11.3 Å². The predicted octanol–water partition coefficient (Wildman–Crippen LogP) is 1.71. The third-order valence-corrected chi connectivity index (χ3v) is 4.96. The monoisotopic (exact) mass is 292 g/mol. The number of aromatic amines is 1. The Morgan fingerprint density at radius 3 is 2.71 bits per heavy atom. The molecule has 0 aromatic carbocycles. The topological polar surface area (TPSA) is 44.4 Å². The zero-order chi connectivity index (χ0) is 14.7. The van der Waals surface area contributed by atoms with Crippen molar-refractivity contribution in [2.75, 3.05) is 39.4 Å². The number of likely N-dealkylation sites (tertiary alicyclic amines) is 1. The van der Waals surface area contributed by atoms with Gasteiger partial charge in [-0.3, -0.25) is 14.9 Å². The van der Waals surface area contributed by atoms with Crippen LogP contribution < -0.4 is 0 Å². The first kappa shape index (κ1) is 15.0. The molecule has 1 aromatic heterocycles. The molecular weight excluding hydrogens is 264 g/mol. The molecule has 5 heteroatoms. The molecule has 2 aliphatic rings. The van der Waals surface area contributed by atoms with Crippen molar-refractivity contribution >= 4 is 0 Å². The number of piperidine rings is 1. The Kier molecular flexibility index (Phi) is 4.93. The van der Waals surface area contributed by atoms with Crippen molar-refractivity contribution in [3.63, 3.8) is 0 Å². The van der Waals surface area contributed by atoms with Crippen LogP contribution in [0.1, 0.15) is 36.2 Å². The molecule has 0 bridgehead atoms. The fraction of sp³-hybridized carbons (Fsp3) is 0.812. The number of ether oxygens (including phenoxy) is 1. The van der Waals surface area contributed by atoms with Crippen molar-refractivity contribution in [1.82, 2.24) is 20.0 Å². The van der Waals surface area contributed by atoms with Crippen LogP contribution in [0.5, 0.6) is 0 Å². The average Bonchev–Trinajstić information content (AvgIpc) is 2.82. The number of aromatic nitrogens is 2. The quantitative estimate of drug-likeness (QED) is 0.917. The molecule has 2 aliphatic heterocycles. The standard InChI is InChI=1S/C16H28N4O/c1-13-16(14(2)18-17-13)12-20-6-4-3-5-15(20)11-19-7-9-21-10-8-19/h15H,3-12H2,1-2H3,(H,17,18)/t15-/m1/s1. The van der Waals surface area contributed by atoms with Gasteiger partial charge in [0, 0.05) is 43.5 Å². The molecule has 0 spiro atoms. The Labute approximate surface area is 127 Å². The number of H-pyrrole nitrogens is 1. The molecule has 21 heavy (non-hydrogen) atoms. The second-order valence-corrected chi connectivity index (χ2v) is 6.45. The van der Waals surface area contributed by atoms with Gasteiger partial charge in [-0.2, -0.15) is 5.10 Å². The molecule has 0 amide bonds. The molecule has 2 fully saturated rings. The molecule has 1 atom stereocenters. The second kappa shape index (κ2) is 6.90. The zero-order valence-corrected chi connectivity index (χ0v) is 13.4. The van der Waals surface area contributed by atoms with E-state index in [1.807, 2.05) is 0 Å². The highest BCUT2D eigenvalue weighted by Crippen LogP contribution is 2.22. The Bertz CT molecular complexity index is 434. The molecule has 0 radical (unpaired) electrons. The highest BCUT2D eigenvalue weighted by Gasteiger charge is 2.26. The Morgan fingerprint density at radius 1 is 1.19 bits per heavy atom. The van der Waals surface area contributed by atoms with Gasteiger partial charge in [0.2, 0.25) is 0 Å². The molecular formula is C16H28N4O. The van der Waals surface area contributed by atoms with Crippen LogP contribution in [0.2, 0.25) is 0 Å². The number of hydrogen-bond acceptors (Lipinski definition) is 4. The fourth-order valence-corrected chi connectivity index (χ4v) is 3.57. The van der Waals surface area contributed by atoms with Gasteiger partial charge in [-0.25, -0.2) is 0 Å². The van der Waals surface area contributed by atoms with Crippen LogP contribution in [0.4, 0.5) is 0 Å². The van der Waals surface area contributed by atoms with Crippen molar-refractivity contribution in [1.29, 1.82) is 0 Å². The van der Waals surface area contributed by atoms with E-state index >= 15 is 0 Å². The van der Waals surface area contributed by atoms with Crippen LogP contribution in [0.3, 0.4) is 0 Å². The smallest absolute Gasteiger partial charge is 0.0639 e. The summed E-state index contributed by atoms with van der Waals surface area (Å²) >= 11 is 0. The summed E-state index contributed by atoms with van der Waals surface area (Å²) < 4.78 is 5.46. The van der Waals surface area contributed by atoms with Crippen molar-refractivity contribution in [2.24, 2.45) is 0 Å². The zero-order valence-electron chi connectivity index (χ0n) is 13.4. The molecule has 0 saturated carbocycles. The van der Waals surface area contributed by atoms with E-state index in [0.29, 0.717) is 6.04 Å². The maximum Gasteiger partial charge on any atom is 0.0639 e. The lowest BCUT2D eigenvalue weighted by molar-refractivity contribution is 0.0152. The highest BCUT2D eigenvalue weighted by molar-refractivity contribution is 5.23. The minimum Gasteiger partial charge on any atom is -0.379 e. The van der Waals surface area contributed by atoms with Crippen LogP contribution in [0, 0.1) is 13.8 Å².